The maximum atomic E-state index is 11.4. The molecule has 1 radical (unpaired) electrons. The Hall–Kier alpha value is -1.43. The van der Waals surface area contributed by atoms with E-state index >= 15 is 0 Å². The predicted molar refractivity (Wildman–Crippen MR) is 57.4 cm³/mol. The Labute approximate surface area is 94.2 Å². The van der Waals surface area contributed by atoms with E-state index in [4.69, 9.17) is 10.8 Å². The molecule has 0 unspecified atom stereocenters. The van der Waals surface area contributed by atoms with Crippen LogP contribution in [0.5, 0.6) is 0 Å². The maximum absolute atomic E-state index is 11.4. The van der Waals surface area contributed by atoms with Crippen molar-refractivity contribution >= 4 is 18.2 Å². The Balaban J connectivity index is 4.02. The molecule has 4 N–H and O–H groups in total. The quantitative estimate of drug-likeness (QED) is 0.523. The molecule has 0 aromatic rings. The molecule has 6 heteroatoms. The van der Waals surface area contributed by atoms with E-state index in [1.807, 2.05) is 6.92 Å². The van der Waals surface area contributed by atoms with Crippen molar-refractivity contribution in [3.8, 4) is 0 Å². The van der Waals surface area contributed by atoms with E-state index in [1.165, 1.54) is 0 Å². The Kier molecular flexibility index (Phi) is 7.11. The van der Waals surface area contributed by atoms with Gasteiger partial charge in [-0.25, -0.2) is 0 Å². The summed E-state index contributed by atoms with van der Waals surface area (Å²) in [6, 6.07) is -1.56. The highest BCUT2D eigenvalue weighted by molar-refractivity contribution is 5.84. The lowest BCUT2D eigenvalue weighted by atomic mass is 10.1. The van der Waals surface area contributed by atoms with Crippen molar-refractivity contribution in [2.24, 2.45) is 5.73 Å². The third-order valence-electron chi connectivity index (χ3n) is 2.04. The first kappa shape index (κ1) is 14.6. The molecule has 91 valence electrons. The molecule has 16 heavy (non-hydrogen) atoms. The van der Waals surface area contributed by atoms with Crippen LogP contribution in [0.2, 0.25) is 0 Å². The first-order chi connectivity index (χ1) is 7.51. The molecule has 2 atom stereocenters. The standard InChI is InChI=1S/C10H17N2O4/c1-2-3-7(6-13)12-10(16)8(11)4-5-9(14)15/h7-8H,2-5,11H2,1H3,(H,12,16)(H,14,15)/t7-,8-/m0/s1. The number of carbonyl (C=O) groups excluding carboxylic acids is 2. The van der Waals surface area contributed by atoms with Gasteiger partial charge in [-0.15, -0.1) is 0 Å². The topological polar surface area (TPSA) is 109 Å². The molecule has 0 aromatic carbocycles. The number of nitrogens with one attached hydrogen (secondary N) is 1. The van der Waals surface area contributed by atoms with Gasteiger partial charge in [0.05, 0.1) is 12.1 Å². The molecule has 0 aliphatic heterocycles. The Bertz CT molecular complexity index is 255. The number of hydrogen-bond donors (Lipinski definition) is 3. The number of carboxylic acids is 1. The van der Waals surface area contributed by atoms with Crippen LogP contribution < -0.4 is 11.1 Å². The van der Waals surface area contributed by atoms with Gasteiger partial charge in [0.15, 0.2) is 0 Å². The van der Waals surface area contributed by atoms with Crippen molar-refractivity contribution < 1.29 is 19.5 Å². The summed E-state index contributed by atoms with van der Waals surface area (Å²) in [5.41, 5.74) is 5.46. The molecule has 0 fully saturated rings. The van der Waals surface area contributed by atoms with Gasteiger partial charge in [-0.2, -0.15) is 0 Å². The van der Waals surface area contributed by atoms with Crippen LogP contribution in [0.1, 0.15) is 32.6 Å². The average molecular weight is 229 g/mol. The highest BCUT2D eigenvalue weighted by Crippen LogP contribution is 1.98. The number of carboxylic acid groups (broad SMARTS) is 1. The van der Waals surface area contributed by atoms with Crippen LogP contribution in [0.4, 0.5) is 0 Å². The fourth-order valence-electron chi connectivity index (χ4n) is 1.14. The minimum atomic E-state index is -1.00. The number of aliphatic carboxylic acids is 1. The molecule has 6 nitrogen and oxygen atoms in total. The second-order valence-electron chi connectivity index (χ2n) is 3.51. The fraction of sp³-hybridized carbons (Fsp3) is 0.700. The first-order valence-electron chi connectivity index (χ1n) is 5.16. The number of nitrogens with two attached hydrogens (primary N) is 1. The van der Waals surface area contributed by atoms with Crippen molar-refractivity contribution in [2.75, 3.05) is 0 Å². The van der Waals surface area contributed by atoms with Crippen molar-refractivity contribution in [3.05, 3.63) is 0 Å². The Morgan fingerprint density at radius 3 is 2.50 bits per heavy atom. The molecule has 0 aromatic heterocycles. The van der Waals surface area contributed by atoms with E-state index in [0.717, 1.165) is 6.42 Å². The van der Waals surface area contributed by atoms with Gasteiger partial charge in [-0.1, -0.05) is 13.3 Å². The highest BCUT2D eigenvalue weighted by atomic mass is 16.4. The van der Waals surface area contributed by atoms with Crippen LogP contribution in [-0.2, 0) is 14.4 Å². The lowest BCUT2D eigenvalue weighted by Crippen LogP contribution is -2.46. The minimum absolute atomic E-state index is 0.0544. The van der Waals surface area contributed by atoms with E-state index in [9.17, 15) is 14.4 Å². The van der Waals surface area contributed by atoms with Crippen molar-refractivity contribution in [1.82, 2.24) is 5.32 Å². The third kappa shape index (κ3) is 6.13. The van der Waals surface area contributed by atoms with E-state index in [2.05, 4.69) is 5.32 Å². The SMILES string of the molecule is CCC[C@@H]([C]=O)NC(=O)[C@@H](N)CCC(=O)O. The highest BCUT2D eigenvalue weighted by Gasteiger charge is 2.18. The van der Waals surface area contributed by atoms with Crippen LogP contribution in [-0.4, -0.2) is 35.4 Å². The molecule has 0 aliphatic carbocycles. The second kappa shape index (κ2) is 7.81. The maximum Gasteiger partial charge on any atom is 0.303 e. The summed E-state index contributed by atoms with van der Waals surface area (Å²) in [4.78, 5) is 32.1. The monoisotopic (exact) mass is 229 g/mol. The summed E-state index contributed by atoms with van der Waals surface area (Å²) >= 11 is 0. The van der Waals surface area contributed by atoms with Crippen molar-refractivity contribution in [2.45, 2.75) is 44.7 Å². The van der Waals surface area contributed by atoms with E-state index < -0.39 is 24.0 Å². The van der Waals surface area contributed by atoms with Crippen LogP contribution in [0, 0.1) is 0 Å². The largest absolute Gasteiger partial charge is 0.481 e. The number of amides is 1. The molecule has 0 saturated carbocycles. The van der Waals surface area contributed by atoms with Gasteiger partial charge in [-0.05, 0) is 12.8 Å². The number of hydrogen-bond acceptors (Lipinski definition) is 4. The molecule has 0 bridgehead atoms. The van der Waals surface area contributed by atoms with Crippen LogP contribution >= 0.6 is 0 Å². The molecule has 0 saturated heterocycles. The van der Waals surface area contributed by atoms with Crippen LogP contribution in [0.25, 0.3) is 0 Å². The smallest absolute Gasteiger partial charge is 0.303 e. The minimum Gasteiger partial charge on any atom is -0.481 e. The molecule has 1 amide bonds. The zero-order valence-electron chi connectivity index (χ0n) is 9.23. The normalized spacial score (nSPS) is 13.9. The zero-order chi connectivity index (χ0) is 12.6. The van der Waals surface area contributed by atoms with Gasteiger partial charge in [0, 0.05) is 6.42 Å². The Morgan fingerprint density at radius 1 is 1.44 bits per heavy atom. The molecule has 0 heterocycles. The van der Waals surface area contributed by atoms with Gasteiger partial charge in [0.2, 0.25) is 12.2 Å². The van der Waals surface area contributed by atoms with Gasteiger partial charge >= 0.3 is 5.97 Å². The molecular formula is C10H17N2O4. The van der Waals surface area contributed by atoms with Gasteiger partial charge in [-0.3, -0.25) is 14.4 Å². The second-order valence-corrected chi connectivity index (χ2v) is 3.51. The predicted octanol–water partition coefficient (Wildman–Crippen LogP) is -0.427. The van der Waals surface area contributed by atoms with E-state index in [0.29, 0.717) is 6.42 Å². The average Bonchev–Trinajstić information content (AvgIpc) is 2.24. The Morgan fingerprint density at radius 2 is 2.06 bits per heavy atom. The summed E-state index contributed by atoms with van der Waals surface area (Å²) < 4.78 is 0. The lowest BCUT2D eigenvalue weighted by Gasteiger charge is -2.14. The van der Waals surface area contributed by atoms with Crippen molar-refractivity contribution in [3.63, 3.8) is 0 Å². The summed E-state index contributed by atoms with van der Waals surface area (Å²) in [7, 11) is 0. The lowest BCUT2D eigenvalue weighted by molar-refractivity contribution is -0.137. The fourth-order valence-corrected chi connectivity index (χ4v) is 1.14. The van der Waals surface area contributed by atoms with E-state index in [1.54, 1.807) is 6.29 Å². The third-order valence-corrected chi connectivity index (χ3v) is 2.04. The zero-order valence-corrected chi connectivity index (χ0v) is 9.23. The number of rotatable bonds is 8. The molecule has 0 rings (SSSR count). The van der Waals surface area contributed by atoms with Crippen LogP contribution in [0.3, 0.4) is 0 Å². The molecule has 0 aliphatic rings. The first-order valence-corrected chi connectivity index (χ1v) is 5.16. The summed E-state index contributed by atoms with van der Waals surface area (Å²) in [5, 5.41) is 10.8. The summed E-state index contributed by atoms with van der Waals surface area (Å²) in [6.45, 7) is 1.88. The number of carbonyl (C=O) groups is 2. The van der Waals surface area contributed by atoms with Crippen molar-refractivity contribution in [1.29, 1.82) is 0 Å². The van der Waals surface area contributed by atoms with Crippen LogP contribution in [0.15, 0.2) is 0 Å². The van der Waals surface area contributed by atoms with Gasteiger partial charge < -0.3 is 16.2 Å². The van der Waals surface area contributed by atoms with Gasteiger partial charge in [0.25, 0.3) is 0 Å². The van der Waals surface area contributed by atoms with E-state index in [-0.39, 0.29) is 12.8 Å². The molecular weight excluding hydrogens is 212 g/mol. The summed E-state index contributed by atoms with van der Waals surface area (Å²) in [6.07, 6.45) is 2.83. The summed E-state index contributed by atoms with van der Waals surface area (Å²) in [5.74, 6) is -1.52. The van der Waals surface area contributed by atoms with Gasteiger partial charge in [0.1, 0.15) is 0 Å². The molecule has 0 spiro atoms.